The van der Waals surface area contributed by atoms with Crippen LogP contribution in [0.4, 0.5) is 0 Å². The minimum Gasteiger partial charge on any atom is -0.308 e. The Labute approximate surface area is 98.5 Å². The monoisotopic (exact) mass is 218 g/mol. The molecule has 0 aromatic carbocycles. The molecule has 0 radical (unpaired) electrons. The van der Waals surface area contributed by atoms with Gasteiger partial charge in [0.15, 0.2) is 0 Å². The minimum absolute atomic E-state index is 0.716. The summed E-state index contributed by atoms with van der Waals surface area (Å²) in [6.45, 7) is 5.30. The Hall–Kier alpha value is -0.890. The predicted octanol–water partition coefficient (Wildman–Crippen LogP) is 3.06. The molecule has 0 bridgehead atoms. The van der Waals surface area contributed by atoms with Crippen LogP contribution < -0.4 is 5.32 Å². The van der Waals surface area contributed by atoms with Gasteiger partial charge in [-0.2, -0.15) is 0 Å². The smallest absolute Gasteiger partial charge is 0.0541 e. The highest BCUT2D eigenvalue weighted by atomic mass is 14.9. The molecule has 1 fully saturated rings. The Bertz CT molecular complexity index is 318. The number of pyridine rings is 1. The van der Waals surface area contributed by atoms with Crippen molar-refractivity contribution in [3.8, 4) is 0 Å². The molecule has 1 N–H and O–H groups in total. The van der Waals surface area contributed by atoms with E-state index in [0.29, 0.717) is 6.04 Å². The molecule has 1 aromatic rings. The van der Waals surface area contributed by atoms with Crippen LogP contribution >= 0.6 is 0 Å². The lowest BCUT2D eigenvalue weighted by atomic mass is 10.0. The van der Waals surface area contributed by atoms with Gasteiger partial charge in [-0.3, -0.25) is 4.98 Å². The van der Waals surface area contributed by atoms with Gasteiger partial charge in [0, 0.05) is 18.8 Å². The molecule has 0 spiro atoms. The maximum absolute atomic E-state index is 4.43. The highest BCUT2D eigenvalue weighted by Crippen LogP contribution is 2.28. The second kappa shape index (κ2) is 5.44. The fraction of sp³-hybridized carbons (Fsp3) is 0.643. The first-order valence-corrected chi connectivity index (χ1v) is 6.44. The summed E-state index contributed by atoms with van der Waals surface area (Å²) < 4.78 is 0. The van der Waals surface area contributed by atoms with Gasteiger partial charge in [0.2, 0.25) is 0 Å². The quantitative estimate of drug-likeness (QED) is 0.840. The maximum atomic E-state index is 4.43. The SMILES string of the molecule is CCC1CCCC1NCc1ccc(C)cn1. The first kappa shape index (κ1) is 11.6. The predicted molar refractivity (Wildman–Crippen MR) is 67.2 cm³/mol. The van der Waals surface area contributed by atoms with Crippen LogP contribution in [0.15, 0.2) is 18.3 Å². The molecule has 2 unspecified atom stereocenters. The summed E-state index contributed by atoms with van der Waals surface area (Å²) in [5.41, 5.74) is 2.39. The fourth-order valence-corrected chi connectivity index (χ4v) is 2.63. The molecule has 16 heavy (non-hydrogen) atoms. The van der Waals surface area contributed by atoms with Crippen LogP contribution in [0.2, 0.25) is 0 Å². The van der Waals surface area contributed by atoms with E-state index in [-0.39, 0.29) is 0 Å². The molecule has 1 aliphatic rings. The molecule has 2 nitrogen and oxygen atoms in total. The van der Waals surface area contributed by atoms with Gasteiger partial charge in [-0.1, -0.05) is 25.8 Å². The second-order valence-electron chi connectivity index (χ2n) is 4.91. The van der Waals surface area contributed by atoms with Crippen LogP contribution in [0.1, 0.15) is 43.9 Å². The number of rotatable bonds is 4. The van der Waals surface area contributed by atoms with Crippen molar-refractivity contribution in [1.29, 1.82) is 0 Å². The molecule has 88 valence electrons. The van der Waals surface area contributed by atoms with E-state index in [1.807, 2.05) is 6.20 Å². The maximum Gasteiger partial charge on any atom is 0.0541 e. The van der Waals surface area contributed by atoms with Crippen molar-refractivity contribution in [3.05, 3.63) is 29.6 Å². The van der Waals surface area contributed by atoms with E-state index in [9.17, 15) is 0 Å². The van der Waals surface area contributed by atoms with E-state index in [0.717, 1.165) is 18.2 Å². The molecular weight excluding hydrogens is 196 g/mol. The Morgan fingerprint density at radius 3 is 2.94 bits per heavy atom. The van der Waals surface area contributed by atoms with Crippen molar-refractivity contribution in [2.45, 2.75) is 52.1 Å². The second-order valence-corrected chi connectivity index (χ2v) is 4.91. The van der Waals surface area contributed by atoms with E-state index in [1.54, 1.807) is 0 Å². The van der Waals surface area contributed by atoms with E-state index in [4.69, 9.17) is 0 Å². The first-order chi connectivity index (χ1) is 7.79. The fourth-order valence-electron chi connectivity index (χ4n) is 2.63. The van der Waals surface area contributed by atoms with Crippen LogP contribution in [0, 0.1) is 12.8 Å². The first-order valence-electron chi connectivity index (χ1n) is 6.44. The zero-order chi connectivity index (χ0) is 11.4. The highest BCUT2D eigenvalue weighted by Gasteiger charge is 2.24. The van der Waals surface area contributed by atoms with Crippen LogP contribution in [0.25, 0.3) is 0 Å². The normalized spacial score (nSPS) is 24.9. The van der Waals surface area contributed by atoms with Gasteiger partial charge in [0.25, 0.3) is 0 Å². The largest absolute Gasteiger partial charge is 0.308 e. The third kappa shape index (κ3) is 2.82. The molecule has 1 aliphatic carbocycles. The standard InChI is InChI=1S/C14H22N2/c1-3-12-5-4-6-14(12)16-10-13-8-7-11(2)9-15-13/h7-9,12,14,16H,3-6,10H2,1-2H3. The van der Waals surface area contributed by atoms with Gasteiger partial charge in [-0.05, 0) is 37.3 Å². The van der Waals surface area contributed by atoms with Gasteiger partial charge in [0.1, 0.15) is 0 Å². The molecule has 0 saturated heterocycles. The Kier molecular flexibility index (Phi) is 3.94. The van der Waals surface area contributed by atoms with Gasteiger partial charge in [-0.25, -0.2) is 0 Å². The average Bonchev–Trinajstić information content (AvgIpc) is 2.76. The summed E-state index contributed by atoms with van der Waals surface area (Å²) in [7, 11) is 0. The van der Waals surface area contributed by atoms with Gasteiger partial charge in [-0.15, -0.1) is 0 Å². The lowest BCUT2D eigenvalue weighted by Crippen LogP contribution is -2.31. The Morgan fingerprint density at radius 1 is 1.38 bits per heavy atom. The number of hydrogen-bond donors (Lipinski definition) is 1. The zero-order valence-corrected chi connectivity index (χ0v) is 10.4. The van der Waals surface area contributed by atoms with Crippen LogP contribution in [-0.4, -0.2) is 11.0 Å². The molecule has 0 amide bonds. The molecular formula is C14H22N2. The van der Waals surface area contributed by atoms with Gasteiger partial charge >= 0.3 is 0 Å². The minimum atomic E-state index is 0.716. The van der Waals surface area contributed by atoms with Crippen molar-refractivity contribution in [2.24, 2.45) is 5.92 Å². The molecule has 1 aromatic heterocycles. The third-order valence-corrected chi connectivity index (χ3v) is 3.70. The van der Waals surface area contributed by atoms with Crippen molar-refractivity contribution >= 4 is 0 Å². The van der Waals surface area contributed by atoms with E-state index in [1.165, 1.54) is 31.2 Å². The van der Waals surface area contributed by atoms with E-state index < -0.39 is 0 Å². The van der Waals surface area contributed by atoms with E-state index in [2.05, 4.69) is 36.3 Å². The number of nitrogens with one attached hydrogen (secondary N) is 1. The molecule has 1 heterocycles. The summed E-state index contributed by atoms with van der Waals surface area (Å²) in [5.74, 6) is 0.880. The third-order valence-electron chi connectivity index (χ3n) is 3.70. The summed E-state index contributed by atoms with van der Waals surface area (Å²) >= 11 is 0. The van der Waals surface area contributed by atoms with E-state index >= 15 is 0 Å². The summed E-state index contributed by atoms with van der Waals surface area (Å²) in [4.78, 5) is 4.43. The van der Waals surface area contributed by atoms with Crippen molar-refractivity contribution in [2.75, 3.05) is 0 Å². The zero-order valence-electron chi connectivity index (χ0n) is 10.4. The number of aromatic nitrogens is 1. The molecule has 0 aliphatic heterocycles. The summed E-state index contributed by atoms with van der Waals surface area (Å²) in [5, 5.41) is 3.66. The number of hydrogen-bond acceptors (Lipinski definition) is 2. The molecule has 2 rings (SSSR count). The Balaban J connectivity index is 1.85. The van der Waals surface area contributed by atoms with Crippen LogP contribution in [0.3, 0.4) is 0 Å². The van der Waals surface area contributed by atoms with Crippen LogP contribution in [0.5, 0.6) is 0 Å². The average molecular weight is 218 g/mol. The lowest BCUT2D eigenvalue weighted by molar-refractivity contribution is 0.388. The van der Waals surface area contributed by atoms with Crippen molar-refractivity contribution < 1.29 is 0 Å². The highest BCUT2D eigenvalue weighted by molar-refractivity contribution is 5.12. The van der Waals surface area contributed by atoms with Crippen LogP contribution in [-0.2, 0) is 6.54 Å². The van der Waals surface area contributed by atoms with Crippen molar-refractivity contribution in [1.82, 2.24) is 10.3 Å². The number of aryl methyl sites for hydroxylation is 1. The number of nitrogens with zero attached hydrogens (tertiary/aromatic N) is 1. The van der Waals surface area contributed by atoms with Crippen molar-refractivity contribution in [3.63, 3.8) is 0 Å². The summed E-state index contributed by atoms with van der Waals surface area (Å²) in [6.07, 6.45) is 7.37. The molecule has 2 heteroatoms. The van der Waals surface area contributed by atoms with Gasteiger partial charge in [0.05, 0.1) is 5.69 Å². The van der Waals surface area contributed by atoms with Gasteiger partial charge < -0.3 is 5.32 Å². The Morgan fingerprint density at radius 2 is 2.25 bits per heavy atom. The molecule has 2 atom stereocenters. The summed E-state index contributed by atoms with van der Waals surface area (Å²) in [6, 6.07) is 4.97. The molecule has 1 saturated carbocycles. The lowest BCUT2D eigenvalue weighted by Gasteiger charge is -2.19. The topological polar surface area (TPSA) is 24.9 Å².